The van der Waals surface area contributed by atoms with Gasteiger partial charge in [-0.25, -0.2) is 15.0 Å². The van der Waals surface area contributed by atoms with Crippen molar-refractivity contribution in [2.75, 3.05) is 0 Å². The Morgan fingerprint density at radius 2 is 2.05 bits per heavy atom. The van der Waals surface area contributed by atoms with Crippen LogP contribution in [0.2, 0.25) is 0 Å². The van der Waals surface area contributed by atoms with Gasteiger partial charge in [0.25, 0.3) is 5.91 Å². The van der Waals surface area contributed by atoms with Gasteiger partial charge in [0.1, 0.15) is 4.88 Å². The van der Waals surface area contributed by atoms with Crippen LogP contribution in [0.3, 0.4) is 0 Å². The predicted molar refractivity (Wildman–Crippen MR) is 78.1 cm³/mol. The molecule has 0 aliphatic rings. The number of nitrogens with zero attached hydrogens (tertiary/aromatic N) is 5. The standard InChI is InChI=1S/C13H12N6O2S/c1-7-10(12(20)16-6-9-19-18-8(2)21-9)22-13(17-7)11-14-4-3-5-15-11/h3-5H,6H2,1-2H3,(H,16,20). The summed E-state index contributed by atoms with van der Waals surface area (Å²) in [6.45, 7) is 3.64. The normalized spacial score (nSPS) is 10.6. The molecule has 0 saturated carbocycles. The molecule has 3 aromatic rings. The van der Waals surface area contributed by atoms with Gasteiger partial charge in [-0.05, 0) is 13.0 Å². The van der Waals surface area contributed by atoms with Crippen LogP contribution in [0.5, 0.6) is 0 Å². The first-order valence-corrected chi connectivity index (χ1v) is 7.27. The first-order valence-electron chi connectivity index (χ1n) is 6.45. The van der Waals surface area contributed by atoms with Crippen molar-refractivity contribution in [2.45, 2.75) is 20.4 Å². The average Bonchev–Trinajstić information content (AvgIpc) is 3.12. The quantitative estimate of drug-likeness (QED) is 0.777. The van der Waals surface area contributed by atoms with Crippen molar-refractivity contribution >= 4 is 17.2 Å². The van der Waals surface area contributed by atoms with Gasteiger partial charge in [-0.3, -0.25) is 4.79 Å². The number of hydrogen-bond donors (Lipinski definition) is 1. The van der Waals surface area contributed by atoms with Crippen molar-refractivity contribution in [3.05, 3.63) is 40.8 Å². The smallest absolute Gasteiger partial charge is 0.263 e. The molecule has 3 rings (SSSR count). The molecule has 0 saturated heterocycles. The molecule has 9 heteroatoms. The van der Waals surface area contributed by atoms with Crippen LogP contribution in [0.15, 0.2) is 22.9 Å². The lowest BCUT2D eigenvalue weighted by Crippen LogP contribution is -2.22. The second kappa shape index (κ2) is 5.98. The molecule has 3 heterocycles. The third-order valence-electron chi connectivity index (χ3n) is 2.73. The number of hydrogen-bond acceptors (Lipinski definition) is 8. The first kappa shape index (κ1) is 14.3. The fourth-order valence-corrected chi connectivity index (χ4v) is 2.69. The van der Waals surface area contributed by atoms with E-state index in [9.17, 15) is 4.79 Å². The summed E-state index contributed by atoms with van der Waals surface area (Å²) in [6, 6.07) is 1.73. The number of amides is 1. The lowest BCUT2D eigenvalue weighted by Gasteiger charge is -1.99. The van der Waals surface area contributed by atoms with Crippen molar-refractivity contribution in [3.8, 4) is 10.8 Å². The molecule has 112 valence electrons. The van der Waals surface area contributed by atoms with Crippen LogP contribution >= 0.6 is 11.3 Å². The molecular formula is C13H12N6O2S. The molecule has 0 atom stereocenters. The monoisotopic (exact) mass is 316 g/mol. The first-order chi connectivity index (χ1) is 10.6. The van der Waals surface area contributed by atoms with E-state index in [-0.39, 0.29) is 12.5 Å². The number of nitrogens with one attached hydrogen (secondary N) is 1. The van der Waals surface area contributed by atoms with Crippen LogP contribution in [0.25, 0.3) is 10.8 Å². The molecule has 0 fully saturated rings. The summed E-state index contributed by atoms with van der Waals surface area (Å²) in [5, 5.41) is 10.9. The Kier molecular flexibility index (Phi) is 3.88. The van der Waals surface area contributed by atoms with Crippen molar-refractivity contribution in [2.24, 2.45) is 0 Å². The van der Waals surface area contributed by atoms with Gasteiger partial charge in [0.15, 0.2) is 10.8 Å². The molecule has 0 aliphatic carbocycles. The predicted octanol–water partition coefficient (Wildman–Crippen LogP) is 1.53. The largest absolute Gasteiger partial charge is 0.424 e. The van der Waals surface area contributed by atoms with E-state index >= 15 is 0 Å². The Bertz CT molecular complexity index is 798. The number of aromatic nitrogens is 5. The van der Waals surface area contributed by atoms with Gasteiger partial charge < -0.3 is 9.73 Å². The molecule has 0 radical (unpaired) electrons. The minimum Gasteiger partial charge on any atom is -0.424 e. The summed E-state index contributed by atoms with van der Waals surface area (Å²) in [7, 11) is 0. The van der Waals surface area contributed by atoms with Crippen LogP contribution in [0.1, 0.15) is 27.1 Å². The van der Waals surface area contributed by atoms with Crippen LogP contribution in [0.4, 0.5) is 0 Å². The Labute approximate surface area is 129 Å². The highest BCUT2D eigenvalue weighted by Gasteiger charge is 2.17. The van der Waals surface area contributed by atoms with Gasteiger partial charge in [0.05, 0.1) is 12.2 Å². The summed E-state index contributed by atoms with van der Waals surface area (Å²) >= 11 is 1.25. The summed E-state index contributed by atoms with van der Waals surface area (Å²) in [5.41, 5.74) is 0.631. The maximum Gasteiger partial charge on any atom is 0.263 e. The van der Waals surface area contributed by atoms with E-state index in [4.69, 9.17) is 4.42 Å². The molecule has 1 amide bonds. The number of rotatable bonds is 4. The zero-order chi connectivity index (χ0) is 15.5. The second-order valence-corrected chi connectivity index (χ2v) is 5.40. The lowest BCUT2D eigenvalue weighted by atomic mass is 10.3. The minimum absolute atomic E-state index is 0.175. The molecule has 0 aliphatic heterocycles. The zero-order valence-electron chi connectivity index (χ0n) is 11.9. The van der Waals surface area contributed by atoms with Crippen molar-refractivity contribution in [3.63, 3.8) is 0 Å². The Balaban J connectivity index is 1.74. The van der Waals surface area contributed by atoms with Crippen LogP contribution in [-0.4, -0.2) is 31.1 Å². The molecule has 8 nitrogen and oxygen atoms in total. The third kappa shape index (κ3) is 2.98. The highest BCUT2D eigenvalue weighted by Crippen LogP contribution is 2.25. The maximum atomic E-state index is 12.2. The van der Waals surface area contributed by atoms with Gasteiger partial charge in [0.2, 0.25) is 11.8 Å². The van der Waals surface area contributed by atoms with E-state index in [2.05, 4.69) is 30.5 Å². The zero-order valence-corrected chi connectivity index (χ0v) is 12.7. The van der Waals surface area contributed by atoms with E-state index in [0.717, 1.165) is 0 Å². The topological polar surface area (TPSA) is 107 Å². The highest BCUT2D eigenvalue weighted by molar-refractivity contribution is 7.17. The molecule has 0 bridgehead atoms. The molecular weight excluding hydrogens is 304 g/mol. The molecule has 1 N–H and O–H groups in total. The summed E-state index contributed by atoms with van der Waals surface area (Å²) in [6.07, 6.45) is 3.27. The molecule has 22 heavy (non-hydrogen) atoms. The van der Waals surface area contributed by atoms with E-state index in [1.54, 1.807) is 32.3 Å². The molecule has 3 aromatic heterocycles. The maximum absolute atomic E-state index is 12.2. The fourth-order valence-electron chi connectivity index (χ4n) is 1.76. The second-order valence-electron chi connectivity index (χ2n) is 4.40. The number of carbonyl (C=O) groups excluding carboxylic acids is 1. The van der Waals surface area contributed by atoms with Crippen molar-refractivity contribution in [1.82, 2.24) is 30.5 Å². The van der Waals surface area contributed by atoms with Gasteiger partial charge in [-0.15, -0.1) is 21.5 Å². The third-order valence-corrected chi connectivity index (χ3v) is 3.88. The van der Waals surface area contributed by atoms with E-state index < -0.39 is 0 Å². The summed E-state index contributed by atoms with van der Waals surface area (Å²) in [5.74, 6) is 1.08. The minimum atomic E-state index is -0.243. The Morgan fingerprint density at radius 3 is 2.73 bits per heavy atom. The van der Waals surface area contributed by atoms with Gasteiger partial charge in [-0.1, -0.05) is 0 Å². The van der Waals surface area contributed by atoms with Crippen LogP contribution < -0.4 is 5.32 Å². The number of carbonyl (C=O) groups is 1. The molecule has 0 aromatic carbocycles. The van der Waals surface area contributed by atoms with Gasteiger partial charge in [-0.2, -0.15) is 0 Å². The Hall–Kier alpha value is -2.68. The Morgan fingerprint density at radius 1 is 1.27 bits per heavy atom. The summed E-state index contributed by atoms with van der Waals surface area (Å²) < 4.78 is 5.21. The van der Waals surface area contributed by atoms with Gasteiger partial charge in [0, 0.05) is 19.3 Å². The fraction of sp³-hybridized carbons (Fsp3) is 0.231. The van der Waals surface area contributed by atoms with Crippen LogP contribution in [-0.2, 0) is 6.54 Å². The van der Waals surface area contributed by atoms with Crippen molar-refractivity contribution in [1.29, 1.82) is 0 Å². The number of aryl methyl sites for hydroxylation is 2. The lowest BCUT2D eigenvalue weighted by molar-refractivity contribution is 0.0950. The van der Waals surface area contributed by atoms with E-state index in [1.165, 1.54) is 11.3 Å². The van der Waals surface area contributed by atoms with Crippen molar-refractivity contribution < 1.29 is 9.21 Å². The molecule has 0 spiro atoms. The van der Waals surface area contributed by atoms with Gasteiger partial charge >= 0.3 is 0 Å². The highest BCUT2D eigenvalue weighted by atomic mass is 32.1. The van der Waals surface area contributed by atoms with Crippen LogP contribution in [0, 0.1) is 13.8 Å². The van der Waals surface area contributed by atoms with E-state index in [0.29, 0.717) is 33.2 Å². The average molecular weight is 316 g/mol. The SMILES string of the molecule is Cc1nnc(CNC(=O)c2sc(-c3ncccn3)nc2C)o1. The number of thiazole rings is 1. The van der Waals surface area contributed by atoms with E-state index in [1.807, 2.05) is 0 Å². The molecule has 0 unspecified atom stereocenters. The summed E-state index contributed by atoms with van der Waals surface area (Å²) in [4.78, 5) is 25.3.